The molecule has 1 heterocycles. The molecule has 0 saturated carbocycles. The number of fused-ring (bicyclic) bond motifs is 1. The number of nitrogens with zero attached hydrogens (tertiary/aromatic N) is 1. The van der Waals surface area contributed by atoms with Gasteiger partial charge in [0.05, 0.1) is 5.52 Å². The van der Waals surface area contributed by atoms with Crippen molar-refractivity contribution >= 4 is 28.4 Å². The Balaban J connectivity index is 1.87. The van der Waals surface area contributed by atoms with Crippen LogP contribution in [0.1, 0.15) is 5.56 Å². The van der Waals surface area contributed by atoms with Gasteiger partial charge >= 0.3 is 0 Å². The Kier molecular flexibility index (Phi) is 3.56. The molecule has 0 spiro atoms. The number of pyridine rings is 1. The number of anilines is 1. The fourth-order valence-corrected chi connectivity index (χ4v) is 2.99. The van der Waals surface area contributed by atoms with Gasteiger partial charge in [-0.2, -0.15) is 0 Å². The Morgan fingerprint density at radius 1 is 1.10 bits per heavy atom. The number of aromatic nitrogens is 1. The van der Waals surface area contributed by atoms with Crippen molar-refractivity contribution in [3.05, 3.63) is 66.1 Å². The van der Waals surface area contributed by atoms with Crippen molar-refractivity contribution in [1.29, 1.82) is 0 Å². The van der Waals surface area contributed by atoms with Gasteiger partial charge in [0, 0.05) is 27.9 Å². The quantitative estimate of drug-likeness (QED) is 0.577. The average Bonchev–Trinajstić information content (AvgIpc) is 2.46. The lowest BCUT2D eigenvalue weighted by atomic mass is 10.1. The van der Waals surface area contributed by atoms with Crippen LogP contribution in [0.5, 0.6) is 0 Å². The van der Waals surface area contributed by atoms with Crippen LogP contribution < -0.4 is 5.73 Å². The molecule has 0 saturated heterocycles. The zero-order chi connectivity index (χ0) is 13.9. The largest absolute Gasteiger partial charge is 0.399 e. The van der Waals surface area contributed by atoms with Crippen LogP contribution >= 0.6 is 11.8 Å². The van der Waals surface area contributed by atoms with Gasteiger partial charge in [0.2, 0.25) is 0 Å². The number of benzene rings is 2. The third-order valence-electron chi connectivity index (χ3n) is 3.08. The van der Waals surface area contributed by atoms with Crippen molar-refractivity contribution in [2.75, 3.05) is 5.73 Å². The summed E-state index contributed by atoms with van der Waals surface area (Å²) in [5, 5.41) is 1.11. The highest BCUT2D eigenvalue weighted by molar-refractivity contribution is 7.98. The Bertz CT molecular complexity index is 753. The second-order valence-electron chi connectivity index (χ2n) is 4.47. The van der Waals surface area contributed by atoms with Gasteiger partial charge in [0.1, 0.15) is 5.82 Å². The number of thioether (sulfide) groups is 1. The molecule has 0 fully saturated rings. The lowest BCUT2D eigenvalue weighted by molar-refractivity contribution is 0.603. The first-order valence-corrected chi connectivity index (χ1v) is 7.23. The second-order valence-corrected chi connectivity index (χ2v) is 5.48. The third-order valence-corrected chi connectivity index (χ3v) is 4.18. The minimum Gasteiger partial charge on any atom is -0.399 e. The van der Waals surface area contributed by atoms with E-state index in [9.17, 15) is 4.39 Å². The molecule has 0 atom stereocenters. The molecule has 0 aliphatic heterocycles. The van der Waals surface area contributed by atoms with Crippen molar-refractivity contribution in [1.82, 2.24) is 4.98 Å². The van der Waals surface area contributed by atoms with Gasteiger partial charge in [-0.1, -0.05) is 18.2 Å². The molecular formula is C16H13FN2S. The lowest BCUT2D eigenvalue weighted by Crippen LogP contribution is -1.90. The fourth-order valence-electron chi connectivity index (χ4n) is 2.07. The number of hydrogen-bond donors (Lipinski definition) is 1. The molecule has 4 heteroatoms. The van der Waals surface area contributed by atoms with Gasteiger partial charge in [-0.05, 0) is 35.9 Å². The summed E-state index contributed by atoms with van der Waals surface area (Å²) in [6.07, 6.45) is 1.79. The maximum atomic E-state index is 13.8. The van der Waals surface area contributed by atoms with Crippen LogP contribution in [0.2, 0.25) is 0 Å². The standard InChI is InChI=1S/C16H13FN2S/c17-14-9-12(18)5-6-16(14)20-10-11-7-8-19-15-4-2-1-3-13(11)15/h1-9H,10,18H2. The number of rotatable bonds is 3. The molecule has 1 aromatic heterocycles. The van der Waals surface area contributed by atoms with Gasteiger partial charge in [-0.15, -0.1) is 11.8 Å². The molecule has 2 N–H and O–H groups in total. The second kappa shape index (κ2) is 5.51. The van der Waals surface area contributed by atoms with Crippen molar-refractivity contribution in [3.63, 3.8) is 0 Å². The molecule has 20 heavy (non-hydrogen) atoms. The number of para-hydroxylation sites is 1. The minimum atomic E-state index is -0.270. The van der Waals surface area contributed by atoms with Crippen LogP contribution in [0.3, 0.4) is 0 Å². The van der Waals surface area contributed by atoms with Crippen molar-refractivity contribution in [2.45, 2.75) is 10.6 Å². The van der Waals surface area contributed by atoms with Gasteiger partial charge in [-0.3, -0.25) is 4.98 Å². The number of nitrogen functional groups attached to an aromatic ring is 1. The van der Waals surface area contributed by atoms with E-state index in [-0.39, 0.29) is 5.82 Å². The molecule has 0 bridgehead atoms. The van der Waals surface area contributed by atoms with Gasteiger partial charge in [0.15, 0.2) is 0 Å². The highest BCUT2D eigenvalue weighted by Crippen LogP contribution is 2.29. The number of hydrogen-bond acceptors (Lipinski definition) is 3. The van der Waals surface area contributed by atoms with Gasteiger partial charge in [-0.25, -0.2) is 4.39 Å². The van der Waals surface area contributed by atoms with Crippen LogP contribution in [0.4, 0.5) is 10.1 Å². The van der Waals surface area contributed by atoms with E-state index in [0.29, 0.717) is 16.3 Å². The molecule has 100 valence electrons. The molecule has 2 aromatic carbocycles. The van der Waals surface area contributed by atoms with E-state index in [4.69, 9.17) is 5.73 Å². The Labute approximate surface area is 120 Å². The zero-order valence-electron chi connectivity index (χ0n) is 10.7. The van der Waals surface area contributed by atoms with Gasteiger partial charge in [0.25, 0.3) is 0 Å². The monoisotopic (exact) mass is 284 g/mol. The highest BCUT2D eigenvalue weighted by atomic mass is 32.2. The molecule has 0 radical (unpaired) electrons. The molecule has 0 aliphatic rings. The van der Waals surface area contributed by atoms with E-state index in [1.807, 2.05) is 30.3 Å². The lowest BCUT2D eigenvalue weighted by Gasteiger charge is -2.07. The molecule has 0 aliphatic carbocycles. The van der Waals surface area contributed by atoms with E-state index in [2.05, 4.69) is 4.98 Å². The summed E-state index contributed by atoms with van der Waals surface area (Å²) in [5.74, 6) is 0.428. The maximum Gasteiger partial charge on any atom is 0.138 e. The fraction of sp³-hybridized carbons (Fsp3) is 0.0625. The Hall–Kier alpha value is -2.07. The van der Waals surface area contributed by atoms with Gasteiger partial charge < -0.3 is 5.73 Å². The molecule has 0 amide bonds. The minimum absolute atomic E-state index is 0.270. The first-order chi connectivity index (χ1) is 9.74. The van der Waals surface area contributed by atoms with E-state index in [0.717, 1.165) is 16.5 Å². The van der Waals surface area contributed by atoms with Crippen LogP contribution in [-0.4, -0.2) is 4.98 Å². The zero-order valence-corrected chi connectivity index (χ0v) is 11.5. The van der Waals surface area contributed by atoms with Crippen molar-refractivity contribution in [2.24, 2.45) is 0 Å². The number of halogens is 1. The average molecular weight is 284 g/mol. The summed E-state index contributed by atoms with van der Waals surface area (Å²) < 4.78 is 13.8. The van der Waals surface area contributed by atoms with E-state index in [1.165, 1.54) is 17.8 Å². The topological polar surface area (TPSA) is 38.9 Å². The van der Waals surface area contributed by atoms with E-state index >= 15 is 0 Å². The Morgan fingerprint density at radius 2 is 1.95 bits per heavy atom. The van der Waals surface area contributed by atoms with E-state index < -0.39 is 0 Å². The smallest absolute Gasteiger partial charge is 0.138 e. The van der Waals surface area contributed by atoms with Crippen LogP contribution in [0, 0.1) is 5.82 Å². The predicted octanol–water partition coefficient (Wildman–Crippen LogP) is 4.25. The molecule has 3 aromatic rings. The highest BCUT2D eigenvalue weighted by Gasteiger charge is 2.06. The third kappa shape index (κ3) is 2.60. The van der Waals surface area contributed by atoms with Crippen LogP contribution in [0.25, 0.3) is 10.9 Å². The molecular weight excluding hydrogens is 271 g/mol. The normalized spacial score (nSPS) is 10.8. The summed E-state index contributed by atoms with van der Waals surface area (Å²) in [4.78, 5) is 4.94. The Morgan fingerprint density at radius 3 is 2.80 bits per heavy atom. The summed E-state index contributed by atoms with van der Waals surface area (Å²) in [7, 11) is 0. The van der Waals surface area contributed by atoms with Crippen molar-refractivity contribution < 1.29 is 4.39 Å². The number of nitrogens with two attached hydrogens (primary N) is 1. The van der Waals surface area contributed by atoms with Crippen molar-refractivity contribution in [3.8, 4) is 0 Å². The first kappa shape index (κ1) is 12.9. The van der Waals surface area contributed by atoms with E-state index in [1.54, 1.807) is 18.3 Å². The molecule has 2 nitrogen and oxygen atoms in total. The maximum absolute atomic E-state index is 13.8. The molecule has 3 rings (SSSR count). The first-order valence-electron chi connectivity index (χ1n) is 6.24. The summed E-state index contributed by atoms with van der Waals surface area (Å²) in [6.45, 7) is 0. The SMILES string of the molecule is Nc1ccc(SCc2ccnc3ccccc23)c(F)c1. The van der Waals surface area contributed by atoms with Crippen LogP contribution in [0.15, 0.2) is 59.6 Å². The summed E-state index contributed by atoms with van der Waals surface area (Å²) in [5.41, 5.74) is 8.11. The summed E-state index contributed by atoms with van der Waals surface area (Å²) >= 11 is 1.47. The molecule has 0 unspecified atom stereocenters. The van der Waals surface area contributed by atoms with Crippen LogP contribution in [-0.2, 0) is 5.75 Å². The predicted molar refractivity (Wildman–Crippen MR) is 82.1 cm³/mol. The summed E-state index contributed by atoms with van der Waals surface area (Å²) in [6, 6.07) is 14.7.